The van der Waals surface area contributed by atoms with E-state index in [9.17, 15) is 0 Å². The monoisotopic (exact) mass is 846 g/mol. The molecule has 2 nitrogen and oxygen atoms in total. The number of hydrogen-bond donors (Lipinski definition) is 0. The zero-order valence-electron chi connectivity index (χ0n) is 34.9. The Hall–Kier alpha value is -5.25. The summed E-state index contributed by atoms with van der Waals surface area (Å²) in [5.74, 6) is -0.217. The quantitative estimate of drug-likeness (QED) is 0.158. The van der Waals surface area contributed by atoms with Gasteiger partial charge in [0.1, 0.15) is 0 Å². The normalized spacial score (nSPS) is 11.4. The molecule has 62 heavy (non-hydrogen) atoms. The molecule has 0 amide bonds. The fourth-order valence-corrected chi connectivity index (χ4v) is 19.5. The number of rotatable bonds is 9. The van der Waals surface area contributed by atoms with Crippen molar-refractivity contribution >= 4 is 79.2 Å². The van der Waals surface area contributed by atoms with Crippen LogP contribution in [0, 0.1) is 0 Å². The Bertz CT molecular complexity index is 2690. The molecule has 0 aliphatic rings. The summed E-state index contributed by atoms with van der Waals surface area (Å²) in [6.07, 6.45) is 0. The van der Waals surface area contributed by atoms with Crippen LogP contribution in [0.1, 0.15) is 0 Å². The first kappa shape index (κ1) is 43.4. The van der Waals surface area contributed by atoms with Crippen molar-refractivity contribution in [3.63, 3.8) is 0 Å². The topological polar surface area (TPSA) is 46.1 Å². The van der Waals surface area contributed by atoms with Crippen molar-refractivity contribution in [2.24, 2.45) is 0 Å². The fraction of sp³-hybridized carbons (Fsp3) is 0. The Morgan fingerprint density at radius 1 is 0.258 bits per heavy atom. The third-order valence-corrected chi connectivity index (χ3v) is 21.9. The van der Waals surface area contributed by atoms with E-state index in [0.29, 0.717) is 11.1 Å². The third kappa shape index (κ3) is 7.15. The zero-order valence-corrected chi connectivity index (χ0v) is 40.9. The van der Waals surface area contributed by atoms with E-state index in [0.717, 1.165) is 63.0 Å². The Balaban J connectivity index is 0.00000264. The minimum atomic E-state index is -3.32. The summed E-state index contributed by atoms with van der Waals surface area (Å²) >= 11 is 0. The van der Waals surface area contributed by atoms with Crippen LogP contribution < -0.4 is 111 Å². The maximum atomic E-state index is 16.4. The van der Waals surface area contributed by atoms with E-state index in [1.807, 2.05) is 72.8 Å². The van der Waals surface area contributed by atoms with Crippen LogP contribution in [0.5, 0.6) is 11.5 Å². The van der Waals surface area contributed by atoms with Gasteiger partial charge in [-0.3, -0.25) is 0 Å². The first-order chi connectivity index (χ1) is 29.6. The van der Waals surface area contributed by atoms with Crippen LogP contribution in [-0.2, 0) is 0 Å². The molecule has 0 unspecified atom stereocenters. The van der Waals surface area contributed by atoms with Crippen LogP contribution in [-0.4, -0.2) is 16.1 Å². The molecule has 0 radical (unpaired) electrons. The van der Waals surface area contributed by atoms with E-state index in [4.69, 9.17) is 0 Å². The Morgan fingerprint density at radius 3 is 0.710 bits per heavy atom. The average molecular weight is 847 g/mol. The minimum Gasteiger partial charge on any atom is -0.872 e. The Labute approximate surface area is 409 Å². The van der Waals surface area contributed by atoms with Crippen molar-refractivity contribution in [3.05, 3.63) is 243 Å². The molecule has 0 heterocycles. The van der Waals surface area contributed by atoms with Crippen molar-refractivity contribution in [1.29, 1.82) is 0 Å². The third-order valence-electron chi connectivity index (χ3n) is 12.3. The maximum absolute atomic E-state index is 16.4. The molecular weight excluding hydrogens is 807 g/mol. The summed E-state index contributed by atoms with van der Waals surface area (Å²) < 4.78 is 0. The number of hydrogen-bond acceptors (Lipinski definition) is 2. The van der Waals surface area contributed by atoms with Gasteiger partial charge in [0.05, 0.1) is 0 Å². The van der Waals surface area contributed by atoms with Gasteiger partial charge in [-0.1, -0.05) is 253 Å². The Kier molecular flexibility index (Phi) is 13.0. The van der Waals surface area contributed by atoms with Crippen LogP contribution in [0.3, 0.4) is 0 Å². The second kappa shape index (κ2) is 18.6. The first-order valence-corrected chi connectivity index (χ1v) is 24.4. The van der Waals surface area contributed by atoms with E-state index in [1.165, 1.54) is 0 Å². The van der Waals surface area contributed by atoms with Crippen LogP contribution in [0.4, 0.5) is 0 Å². The standard InChI is InChI=1S/C56H42O2Si2.2Na/c57-55-51(59(43-25-7-1-8-26-43,44-27-9-2-10-28-44)45-29-11-3-12-30-45)39-41-23-19-21-37-49(41)53(55)54-50-38-22-20-24-42(50)40-52(56(54)58)60(46-31-13-4-14-32-46,47-33-15-5-16-34-47)48-35-17-6-18-36-48;;/h1-40,57-58H;;/q;2*+1/p-2. The summed E-state index contributed by atoms with van der Waals surface area (Å²) in [6.45, 7) is 0. The number of benzene rings is 10. The summed E-state index contributed by atoms with van der Waals surface area (Å²) in [4.78, 5) is 0. The molecule has 0 spiro atoms. The molecule has 0 aliphatic carbocycles. The minimum absolute atomic E-state index is 0. The van der Waals surface area contributed by atoms with Crippen molar-refractivity contribution in [3.8, 4) is 22.6 Å². The molecule has 10 aromatic carbocycles. The van der Waals surface area contributed by atoms with Crippen LogP contribution in [0.25, 0.3) is 32.7 Å². The van der Waals surface area contributed by atoms with Gasteiger partial charge in [-0.05, 0) is 63.8 Å². The SMILES string of the molecule is [Na+].[Na+].[O-]c1c([Si](c2ccccc2)(c2ccccc2)c2ccccc2)cc2ccccc2c1-c1c([O-])c([Si](c2ccccc2)(c2ccccc2)c2ccccc2)cc2ccccc12. The van der Waals surface area contributed by atoms with Gasteiger partial charge in [-0.2, -0.15) is 0 Å². The molecule has 10 rings (SSSR count). The second-order valence-corrected chi connectivity index (χ2v) is 22.9. The molecule has 286 valence electrons. The van der Waals surface area contributed by atoms with Gasteiger partial charge in [0.25, 0.3) is 0 Å². The van der Waals surface area contributed by atoms with Gasteiger partial charge in [-0.25, -0.2) is 0 Å². The molecule has 0 bridgehead atoms. The van der Waals surface area contributed by atoms with Crippen molar-refractivity contribution in [2.75, 3.05) is 0 Å². The van der Waals surface area contributed by atoms with E-state index >= 15 is 10.2 Å². The van der Waals surface area contributed by atoms with E-state index in [2.05, 4.69) is 170 Å². The summed E-state index contributed by atoms with van der Waals surface area (Å²) in [7, 11) is -6.65. The van der Waals surface area contributed by atoms with Gasteiger partial charge in [0.15, 0.2) is 16.1 Å². The molecule has 0 saturated carbocycles. The van der Waals surface area contributed by atoms with Gasteiger partial charge >= 0.3 is 59.1 Å². The summed E-state index contributed by atoms with van der Waals surface area (Å²) in [6, 6.07) is 83.7. The second-order valence-electron chi connectivity index (χ2n) is 15.4. The molecule has 10 aromatic rings. The van der Waals surface area contributed by atoms with Crippen LogP contribution in [0.15, 0.2) is 243 Å². The smallest absolute Gasteiger partial charge is 0.872 e. The molecule has 0 atom stereocenters. The molecule has 0 aliphatic heterocycles. The number of fused-ring (bicyclic) bond motifs is 2. The maximum Gasteiger partial charge on any atom is 1.00 e. The molecule has 6 heteroatoms. The van der Waals surface area contributed by atoms with Crippen LogP contribution in [0.2, 0.25) is 0 Å². The van der Waals surface area contributed by atoms with E-state index in [-0.39, 0.29) is 70.6 Å². The van der Waals surface area contributed by atoms with Crippen LogP contribution >= 0.6 is 0 Å². The molecule has 0 fully saturated rings. The average Bonchev–Trinajstić information content (AvgIpc) is 3.32. The van der Waals surface area contributed by atoms with Gasteiger partial charge < -0.3 is 10.2 Å². The molecule has 0 saturated heterocycles. The van der Waals surface area contributed by atoms with Gasteiger partial charge in [0, 0.05) is 0 Å². The Morgan fingerprint density at radius 2 is 0.468 bits per heavy atom. The van der Waals surface area contributed by atoms with Gasteiger partial charge in [0.2, 0.25) is 0 Å². The van der Waals surface area contributed by atoms with E-state index < -0.39 is 16.1 Å². The van der Waals surface area contributed by atoms with Crippen molar-refractivity contribution in [2.45, 2.75) is 0 Å². The summed E-state index contributed by atoms with van der Waals surface area (Å²) in [5.41, 5.74) is 0.922. The predicted octanol–water partition coefficient (Wildman–Crippen LogP) is 0.570. The molecule has 0 N–H and O–H groups in total. The zero-order chi connectivity index (χ0) is 40.5. The fourth-order valence-electron chi connectivity index (χ4n) is 9.77. The largest absolute Gasteiger partial charge is 1.00 e. The predicted molar refractivity (Wildman–Crippen MR) is 253 cm³/mol. The molecule has 0 aromatic heterocycles. The van der Waals surface area contributed by atoms with E-state index in [1.54, 1.807) is 0 Å². The van der Waals surface area contributed by atoms with Crippen molar-refractivity contribution < 1.29 is 69.3 Å². The summed E-state index contributed by atoms with van der Waals surface area (Å²) in [5, 5.41) is 44.3. The van der Waals surface area contributed by atoms with Gasteiger partial charge in [-0.15, -0.1) is 11.5 Å². The van der Waals surface area contributed by atoms with Crippen molar-refractivity contribution in [1.82, 2.24) is 0 Å². The molecular formula is C56H40Na2O2Si2. The first-order valence-electron chi connectivity index (χ1n) is 20.4.